The number of imide groups is 1. The predicted octanol–water partition coefficient (Wildman–Crippen LogP) is 0.337. The number of methoxy groups -OCH3 is 1. The Kier molecular flexibility index (Phi) is 10.1. The van der Waals surface area contributed by atoms with Crippen LogP contribution in [-0.4, -0.2) is 94.4 Å². The summed E-state index contributed by atoms with van der Waals surface area (Å²) in [5.74, 6) is -1.35. The molecule has 1 aromatic heterocycles. The molecule has 0 aromatic carbocycles. The molecular formula is C28H43N7O7. The Morgan fingerprint density at radius 2 is 1.95 bits per heavy atom. The summed E-state index contributed by atoms with van der Waals surface area (Å²) in [6, 6.07) is -2.64. The molecule has 5 atom stereocenters. The molecule has 14 heteroatoms. The van der Waals surface area contributed by atoms with Gasteiger partial charge in [0.2, 0.25) is 5.91 Å². The minimum absolute atomic E-state index is 0.0267. The van der Waals surface area contributed by atoms with E-state index in [1.165, 1.54) is 30.8 Å². The molecule has 1 aromatic rings. The van der Waals surface area contributed by atoms with Crippen LogP contribution in [0.5, 0.6) is 0 Å². The number of carbonyl (C=O) groups is 4. The third-order valence-electron chi connectivity index (χ3n) is 8.38. The lowest BCUT2D eigenvalue weighted by molar-refractivity contribution is -0.152. The topological polar surface area (TPSA) is 184 Å². The van der Waals surface area contributed by atoms with Crippen LogP contribution in [-0.2, 0) is 23.9 Å². The van der Waals surface area contributed by atoms with E-state index in [9.17, 15) is 24.3 Å². The van der Waals surface area contributed by atoms with Gasteiger partial charge in [0.15, 0.2) is 0 Å². The Hall–Kier alpha value is -3.20. The van der Waals surface area contributed by atoms with Crippen LogP contribution in [0.4, 0.5) is 4.79 Å². The average Bonchev–Trinajstić information content (AvgIpc) is 3.49. The van der Waals surface area contributed by atoms with Gasteiger partial charge in [0.05, 0.1) is 39.2 Å². The quantitative estimate of drug-likeness (QED) is 0.104. The van der Waals surface area contributed by atoms with Crippen molar-refractivity contribution in [2.24, 2.45) is 11.3 Å². The predicted molar refractivity (Wildman–Crippen MR) is 149 cm³/mol. The van der Waals surface area contributed by atoms with Crippen LogP contribution in [0, 0.1) is 11.3 Å². The molecule has 4 amide bonds. The van der Waals surface area contributed by atoms with Crippen molar-refractivity contribution in [3.05, 3.63) is 24.3 Å². The Morgan fingerprint density at radius 3 is 2.55 bits per heavy atom. The van der Waals surface area contributed by atoms with Crippen molar-refractivity contribution < 1.29 is 33.8 Å². The van der Waals surface area contributed by atoms with E-state index in [1.54, 1.807) is 6.20 Å². The number of urea groups is 1. The number of rotatable bonds is 11. The van der Waals surface area contributed by atoms with E-state index in [0.29, 0.717) is 11.6 Å². The van der Waals surface area contributed by atoms with E-state index in [1.807, 2.05) is 20.8 Å². The van der Waals surface area contributed by atoms with Gasteiger partial charge in [0, 0.05) is 24.9 Å². The Bertz CT molecular complexity index is 1130. The molecule has 0 radical (unpaired) electrons. The van der Waals surface area contributed by atoms with Gasteiger partial charge in [-0.3, -0.25) is 35.5 Å². The van der Waals surface area contributed by atoms with Gasteiger partial charge < -0.3 is 24.8 Å². The molecule has 1 aliphatic carbocycles. The van der Waals surface area contributed by atoms with Crippen LogP contribution >= 0.6 is 0 Å². The largest absolute Gasteiger partial charge is 0.467 e. The molecule has 3 fully saturated rings. The lowest BCUT2D eigenvalue weighted by atomic mass is 9.84. The minimum atomic E-state index is -1.40. The van der Waals surface area contributed by atoms with E-state index in [4.69, 9.17) is 9.47 Å². The molecule has 42 heavy (non-hydrogen) atoms. The van der Waals surface area contributed by atoms with E-state index < -0.39 is 53.1 Å². The van der Waals surface area contributed by atoms with Crippen LogP contribution in [0.15, 0.2) is 18.6 Å². The molecule has 5 N–H and O–H groups in total. The van der Waals surface area contributed by atoms with Crippen molar-refractivity contribution in [1.82, 2.24) is 36.1 Å². The molecule has 3 aliphatic rings. The summed E-state index contributed by atoms with van der Waals surface area (Å²) in [6.45, 7) is 5.80. The molecular weight excluding hydrogens is 546 g/mol. The lowest BCUT2D eigenvalue weighted by Crippen LogP contribution is -2.57. The molecule has 3 unspecified atom stereocenters. The molecule has 3 heterocycles. The standard InChI is InChI=1S/C28H43N7O7/c1-27(2,3)21(23(37)35-15-28(12-20(35)24(38)41-4)25(39)33-26(40)34-28)31-16-42-14-19(17-8-6-5-7-9-17)32-22(36)18-13-29-10-11-30-18/h10-11,13,17,19-22,31-32,36H,5-9,12,14-16H2,1-4H3,(H2,33,34,39,40)/t19-,20?,21?,22?,28-/m1/s1. The Labute approximate surface area is 245 Å². The van der Waals surface area contributed by atoms with Gasteiger partial charge in [-0.1, -0.05) is 40.0 Å². The summed E-state index contributed by atoms with van der Waals surface area (Å²) in [5, 5.41) is 22.0. The van der Waals surface area contributed by atoms with Crippen molar-refractivity contribution >= 4 is 23.8 Å². The van der Waals surface area contributed by atoms with E-state index >= 15 is 0 Å². The smallest absolute Gasteiger partial charge is 0.328 e. The summed E-state index contributed by atoms with van der Waals surface area (Å²) < 4.78 is 11.0. The zero-order chi connectivity index (χ0) is 30.5. The summed E-state index contributed by atoms with van der Waals surface area (Å²) in [7, 11) is 1.22. The fourth-order valence-corrected chi connectivity index (χ4v) is 6.12. The second kappa shape index (κ2) is 13.4. The maximum Gasteiger partial charge on any atom is 0.328 e. The maximum absolute atomic E-state index is 13.9. The fourth-order valence-electron chi connectivity index (χ4n) is 6.12. The first-order valence-electron chi connectivity index (χ1n) is 14.5. The summed E-state index contributed by atoms with van der Waals surface area (Å²) >= 11 is 0. The zero-order valence-electron chi connectivity index (χ0n) is 24.7. The first-order valence-corrected chi connectivity index (χ1v) is 14.5. The van der Waals surface area contributed by atoms with Gasteiger partial charge in [-0.2, -0.15) is 0 Å². The summed E-state index contributed by atoms with van der Waals surface area (Å²) in [6.07, 6.45) is 8.94. The first-order chi connectivity index (χ1) is 19.9. The van der Waals surface area contributed by atoms with Crippen molar-refractivity contribution in [3.8, 4) is 0 Å². The number of esters is 1. The molecule has 0 bridgehead atoms. The monoisotopic (exact) mass is 589 g/mol. The van der Waals surface area contributed by atoms with Crippen LogP contribution in [0.25, 0.3) is 0 Å². The average molecular weight is 590 g/mol. The number of hydrogen-bond acceptors (Lipinski definition) is 11. The zero-order valence-corrected chi connectivity index (χ0v) is 24.7. The highest BCUT2D eigenvalue weighted by Gasteiger charge is 2.58. The SMILES string of the molecule is COC(=O)C1C[C@]2(CN1C(=O)C(NCOC[C@@H](NC(O)c1cnccn1)C1CCCCC1)C(C)(C)C)NC(=O)NC2=O. The number of aliphatic hydroxyl groups excluding tert-OH is 1. The lowest BCUT2D eigenvalue weighted by Gasteiger charge is -2.36. The van der Waals surface area contributed by atoms with E-state index in [0.717, 1.165) is 25.7 Å². The number of amides is 4. The highest BCUT2D eigenvalue weighted by atomic mass is 16.5. The summed E-state index contributed by atoms with van der Waals surface area (Å²) in [5.41, 5.74) is -1.57. The third-order valence-corrected chi connectivity index (χ3v) is 8.38. The van der Waals surface area contributed by atoms with Gasteiger partial charge in [0.1, 0.15) is 23.5 Å². The first kappa shape index (κ1) is 31.7. The van der Waals surface area contributed by atoms with Gasteiger partial charge in [0.25, 0.3) is 5.91 Å². The van der Waals surface area contributed by atoms with Crippen molar-refractivity contribution in [2.45, 2.75) is 89.2 Å². The second-order valence-corrected chi connectivity index (χ2v) is 12.4. The number of nitrogens with one attached hydrogen (secondary N) is 4. The van der Waals surface area contributed by atoms with Crippen molar-refractivity contribution in [2.75, 3.05) is 27.0 Å². The van der Waals surface area contributed by atoms with Crippen LogP contribution < -0.4 is 21.3 Å². The maximum atomic E-state index is 13.9. The van der Waals surface area contributed by atoms with E-state index in [-0.39, 0.29) is 32.3 Å². The van der Waals surface area contributed by atoms with Gasteiger partial charge in [-0.05, 0) is 24.2 Å². The minimum Gasteiger partial charge on any atom is -0.467 e. The van der Waals surface area contributed by atoms with Crippen molar-refractivity contribution in [1.29, 1.82) is 0 Å². The number of likely N-dealkylation sites (tertiary alicyclic amines) is 1. The molecule has 2 saturated heterocycles. The van der Waals surface area contributed by atoms with Crippen LogP contribution in [0.2, 0.25) is 0 Å². The number of carbonyl (C=O) groups excluding carboxylic acids is 4. The molecule has 4 rings (SSSR count). The number of ether oxygens (including phenoxy) is 2. The van der Waals surface area contributed by atoms with Gasteiger partial charge >= 0.3 is 12.0 Å². The van der Waals surface area contributed by atoms with Crippen LogP contribution in [0.1, 0.15) is 71.2 Å². The highest BCUT2D eigenvalue weighted by molar-refractivity contribution is 6.08. The van der Waals surface area contributed by atoms with Gasteiger partial charge in [-0.15, -0.1) is 0 Å². The van der Waals surface area contributed by atoms with Gasteiger partial charge in [-0.25, -0.2) is 9.59 Å². The Morgan fingerprint density at radius 1 is 1.21 bits per heavy atom. The molecule has 2 aliphatic heterocycles. The van der Waals surface area contributed by atoms with E-state index in [2.05, 4.69) is 31.2 Å². The highest BCUT2D eigenvalue weighted by Crippen LogP contribution is 2.33. The second-order valence-electron chi connectivity index (χ2n) is 12.4. The Balaban J connectivity index is 1.42. The molecule has 232 valence electrons. The summed E-state index contributed by atoms with van der Waals surface area (Å²) in [4.78, 5) is 60.6. The number of aliphatic hydroxyl groups is 1. The normalized spacial score (nSPS) is 25.2. The number of hydrogen-bond donors (Lipinski definition) is 5. The molecule has 14 nitrogen and oxygen atoms in total. The van der Waals surface area contributed by atoms with Crippen LogP contribution in [0.3, 0.4) is 0 Å². The molecule has 1 spiro atoms. The fraction of sp³-hybridized carbons (Fsp3) is 0.714. The number of nitrogens with zero attached hydrogens (tertiary/aromatic N) is 3. The number of aromatic nitrogens is 2. The molecule has 1 saturated carbocycles. The van der Waals surface area contributed by atoms with Crippen molar-refractivity contribution in [3.63, 3.8) is 0 Å². The third kappa shape index (κ3) is 7.22.